The average molecular weight is 514 g/mol. The fourth-order valence-corrected chi connectivity index (χ4v) is 3.88. The van der Waals surface area contributed by atoms with Gasteiger partial charge >= 0.3 is 12.1 Å². The van der Waals surface area contributed by atoms with Gasteiger partial charge in [-0.05, 0) is 23.8 Å². The van der Waals surface area contributed by atoms with Gasteiger partial charge in [-0.15, -0.1) is 13.2 Å². The number of ether oxygens (including phenoxy) is 1. The molecule has 8 nitrogen and oxygen atoms in total. The third kappa shape index (κ3) is 4.75. The van der Waals surface area contributed by atoms with Gasteiger partial charge in [0.2, 0.25) is 0 Å². The molecule has 0 bridgehead atoms. The zero-order chi connectivity index (χ0) is 25.5. The van der Waals surface area contributed by atoms with E-state index < -0.39 is 41.9 Å². The molecule has 0 spiro atoms. The Morgan fingerprint density at radius 2 is 1.86 bits per heavy atom. The van der Waals surface area contributed by atoms with Crippen LogP contribution < -0.4 is 16.1 Å². The molecule has 1 aliphatic heterocycles. The van der Waals surface area contributed by atoms with E-state index in [9.17, 15) is 36.8 Å². The number of pyridine rings is 1. The van der Waals surface area contributed by atoms with E-state index in [0.717, 1.165) is 22.9 Å². The van der Waals surface area contributed by atoms with Gasteiger partial charge in [0.15, 0.2) is 11.6 Å². The van der Waals surface area contributed by atoms with E-state index in [1.54, 1.807) is 6.07 Å². The summed E-state index contributed by atoms with van der Waals surface area (Å²) in [6.45, 7) is -1.38. The lowest BCUT2D eigenvalue weighted by Crippen LogP contribution is -2.56. The van der Waals surface area contributed by atoms with Gasteiger partial charge < -0.3 is 4.90 Å². The van der Waals surface area contributed by atoms with Gasteiger partial charge in [0.1, 0.15) is 18.5 Å². The maximum atomic E-state index is 14.1. The minimum absolute atomic E-state index is 0.0727. The third-order valence-corrected chi connectivity index (χ3v) is 5.36. The molecule has 1 saturated heterocycles. The van der Waals surface area contributed by atoms with E-state index >= 15 is 0 Å². The molecule has 2 aromatic heterocycles. The molecule has 1 aromatic carbocycles. The second-order valence-electron chi connectivity index (χ2n) is 7.45. The molecule has 182 valence electrons. The van der Waals surface area contributed by atoms with E-state index in [-0.39, 0.29) is 40.7 Å². The van der Waals surface area contributed by atoms with Gasteiger partial charge in [0.05, 0.1) is 28.5 Å². The Kier molecular flexibility index (Phi) is 6.35. The first-order chi connectivity index (χ1) is 16.5. The number of aromatic nitrogens is 3. The predicted molar refractivity (Wildman–Crippen MR) is 113 cm³/mol. The highest BCUT2D eigenvalue weighted by molar-refractivity contribution is 6.30. The second kappa shape index (κ2) is 9.12. The first-order valence-corrected chi connectivity index (χ1v) is 10.2. The van der Waals surface area contributed by atoms with E-state index in [2.05, 4.69) is 9.72 Å². The summed E-state index contributed by atoms with van der Waals surface area (Å²) in [5.74, 6) is -2.74. The molecule has 1 aliphatic rings. The fourth-order valence-electron chi connectivity index (χ4n) is 3.71. The highest BCUT2D eigenvalue weighted by atomic mass is 35.5. The van der Waals surface area contributed by atoms with Crippen molar-refractivity contribution in [3.05, 3.63) is 74.2 Å². The molecule has 0 amide bonds. The lowest BCUT2D eigenvalue weighted by molar-refractivity contribution is -0.344. The van der Waals surface area contributed by atoms with Gasteiger partial charge in [-0.25, -0.2) is 18.1 Å². The maximum absolute atomic E-state index is 14.1. The Bertz CT molecular complexity index is 1460. The van der Waals surface area contributed by atoms with Crippen LogP contribution in [0.5, 0.6) is 0 Å². The molecule has 3 heterocycles. The van der Waals surface area contributed by atoms with E-state index in [0.29, 0.717) is 10.6 Å². The Morgan fingerprint density at radius 3 is 2.46 bits per heavy atom. The summed E-state index contributed by atoms with van der Waals surface area (Å²) in [7, 11) is 0. The minimum atomic E-state index is -4.91. The van der Waals surface area contributed by atoms with Crippen LogP contribution in [0.4, 0.5) is 27.8 Å². The van der Waals surface area contributed by atoms with Crippen molar-refractivity contribution < 1.29 is 26.7 Å². The van der Waals surface area contributed by atoms with Crippen molar-refractivity contribution >= 4 is 17.4 Å². The number of hydrogen-bond donors (Lipinski definition) is 0. The van der Waals surface area contributed by atoms with Crippen LogP contribution in [0.15, 0.2) is 46.2 Å². The third-order valence-electron chi connectivity index (χ3n) is 5.15. The largest absolute Gasteiger partial charge is 0.522 e. The number of alkyl halides is 3. The number of hydrogen-bond acceptors (Lipinski definition) is 6. The summed E-state index contributed by atoms with van der Waals surface area (Å²) in [4.78, 5) is 31.9. The molecule has 0 unspecified atom stereocenters. The van der Waals surface area contributed by atoms with E-state index in [4.69, 9.17) is 11.6 Å². The zero-order valence-electron chi connectivity index (χ0n) is 17.4. The van der Waals surface area contributed by atoms with Gasteiger partial charge in [-0.2, -0.15) is 5.26 Å². The van der Waals surface area contributed by atoms with Crippen molar-refractivity contribution in [2.24, 2.45) is 0 Å². The molecule has 0 N–H and O–H groups in total. The molecule has 0 aliphatic carbocycles. The van der Waals surface area contributed by atoms with Crippen LogP contribution in [0, 0.1) is 23.0 Å². The first-order valence-electron chi connectivity index (χ1n) is 9.83. The van der Waals surface area contributed by atoms with Crippen molar-refractivity contribution in [3.63, 3.8) is 0 Å². The normalized spacial score (nSPS) is 14.0. The Balaban J connectivity index is 1.99. The Labute approximate surface area is 198 Å². The lowest BCUT2D eigenvalue weighted by Gasteiger charge is -2.42. The van der Waals surface area contributed by atoms with Gasteiger partial charge in [0, 0.05) is 19.3 Å². The number of nitriles is 1. The molecule has 0 radical (unpaired) electrons. The van der Waals surface area contributed by atoms with Crippen LogP contribution in [0.25, 0.3) is 16.8 Å². The van der Waals surface area contributed by atoms with Crippen LogP contribution in [0.3, 0.4) is 0 Å². The number of benzene rings is 1. The van der Waals surface area contributed by atoms with Gasteiger partial charge in [-0.3, -0.25) is 19.1 Å². The van der Waals surface area contributed by atoms with Crippen molar-refractivity contribution in [1.82, 2.24) is 14.1 Å². The SMILES string of the molecule is N#CCn1c(N2CC(OC(F)(F)F)C2)c(-c2ccc(F)c(F)c2)c(=O)n(-c2cncc(Cl)c2)c1=O. The van der Waals surface area contributed by atoms with Crippen LogP contribution >= 0.6 is 11.6 Å². The molecule has 35 heavy (non-hydrogen) atoms. The molecule has 0 atom stereocenters. The first kappa shape index (κ1) is 24.4. The summed E-state index contributed by atoms with van der Waals surface area (Å²) in [5, 5.41) is 9.41. The second-order valence-corrected chi connectivity index (χ2v) is 7.88. The van der Waals surface area contributed by atoms with Crippen LogP contribution in [-0.4, -0.2) is 39.7 Å². The topological polar surface area (TPSA) is 93.2 Å². The highest BCUT2D eigenvalue weighted by Crippen LogP contribution is 2.33. The minimum Gasteiger partial charge on any atom is -0.352 e. The standard InChI is InChI=1S/C21H13ClF5N5O3/c22-12-6-13(8-29-7-12)32-19(33)17(11-1-2-15(23)16(24)5-11)18(31(4-3-28)20(32)34)30-9-14(10-30)35-21(25,26)27/h1-2,5-8,14H,4,9-10H2. The van der Waals surface area contributed by atoms with E-state index in [1.165, 1.54) is 17.2 Å². The fraction of sp³-hybridized carbons (Fsp3) is 0.238. The number of anilines is 1. The Hall–Kier alpha value is -3.76. The average Bonchev–Trinajstić information content (AvgIpc) is 2.74. The van der Waals surface area contributed by atoms with E-state index in [1.807, 2.05) is 0 Å². The quantitative estimate of drug-likeness (QED) is 0.486. The van der Waals surface area contributed by atoms with Crippen molar-refractivity contribution in [2.45, 2.75) is 19.0 Å². The summed E-state index contributed by atoms with van der Waals surface area (Å²) in [5.41, 5.74) is -2.60. The molecular weight excluding hydrogens is 501 g/mol. The predicted octanol–water partition coefficient (Wildman–Crippen LogP) is 3.24. The maximum Gasteiger partial charge on any atom is 0.522 e. The zero-order valence-corrected chi connectivity index (χ0v) is 18.1. The lowest BCUT2D eigenvalue weighted by atomic mass is 10.0. The van der Waals surface area contributed by atoms with Crippen LogP contribution in [0.2, 0.25) is 5.02 Å². The van der Waals surface area contributed by atoms with Gasteiger partial charge in [-0.1, -0.05) is 17.7 Å². The Morgan fingerprint density at radius 1 is 1.14 bits per heavy atom. The molecule has 1 fully saturated rings. The van der Waals surface area contributed by atoms with Crippen molar-refractivity contribution in [2.75, 3.05) is 18.0 Å². The van der Waals surface area contributed by atoms with Crippen LogP contribution in [0.1, 0.15) is 0 Å². The number of halogens is 6. The summed E-state index contributed by atoms with van der Waals surface area (Å²) >= 11 is 5.93. The van der Waals surface area contributed by atoms with Crippen LogP contribution in [-0.2, 0) is 11.3 Å². The smallest absolute Gasteiger partial charge is 0.352 e. The molecule has 4 rings (SSSR count). The van der Waals surface area contributed by atoms with Gasteiger partial charge in [0.25, 0.3) is 5.56 Å². The molecule has 0 saturated carbocycles. The highest BCUT2D eigenvalue weighted by Gasteiger charge is 2.41. The van der Waals surface area contributed by atoms with Crippen molar-refractivity contribution in [1.29, 1.82) is 5.26 Å². The molecular formula is C21H13ClF5N5O3. The summed E-state index contributed by atoms with van der Waals surface area (Å²) in [6, 6.07) is 5.55. The number of nitrogens with zero attached hydrogens (tertiary/aromatic N) is 5. The molecule has 3 aromatic rings. The summed E-state index contributed by atoms with van der Waals surface area (Å²) in [6.07, 6.45) is -3.82. The summed E-state index contributed by atoms with van der Waals surface area (Å²) < 4.78 is 70.9. The molecule has 14 heteroatoms. The monoisotopic (exact) mass is 513 g/mol. The number of rotatable bonds is 5. The van der Waals surface area contributed by atoms with Crippen molar-refractivity contribution in [3.8, 4) is 22.9 Å².